The fourth-order valence-electron chi connectivity index (χ4n) is 3.77. The van der Waals surface area contributed by atoms with Crippen LogP contribution in [0.2, 0.25) is 0 Å². The van der Waals surface area contributed by atoms with Crippen molar-refractivity contribution in [3.63, 3.8) is 0 Å². The van der Waals surface area contributed by atoms with Gasteiger partial charge in [-0.1, -0.05) is 25.5 Å². The summed E-state index contributed by atoms with van der Waals surface area (Å²) in [5, 5.41) is 0. The Bertz CT molecular complexity index is 481. The molecule has 1 aromatic rings. The second-order valence-corrected chi connectivity index (χ2v) is 6.70. The molecule has 2 N–H and O–H groups in total. The van der Waals surface area contributed by atoms with Crippen molar-refractivity contribution in [1.29, 1.82) is 0 Å². The Morgan fingerprint density at radius 2 is 2.19 bits per heavy atom. The lowest BCUT2D eigenvalue weighted by Crippen LogP contribution is -2.38. The van der Waals surface area contributed by atoms with Gasteiger partial charge in [0.25, 0.3) is 0 Å². The summed E-state index contributed by atoms with van der Waals surface area (Å²) in [5.74, 6) is 0.902. The maximum Gasteiger partial charge on any atom is 0.0470 e. The Labute approximate surface area is 129 Å². The van der Waals surface area contributed by atoms with E-state index in [2.05, 4.69) is 42.0 Å². The number of likely N-dealkylation sites (N-methyl/N-ethyl adjacent to an activating group) is 2. The van der Waals surface area contributed by atoms with E-state index in [0.717, 1.165) is 25.6 Å². The number of hydrogen-bond donors (Lipinski definition) is 1. The molecule has 2 aliphatic rings. The van der Waals surface area contributed by atoms with E-state index in [4.69, 9.17) is 5.73 Å². The topological polar surface area (TPSA) is 32.5 Å². The summed E-state index contributed by atoms with van der Waals surface area (Å²) in [6.07, 6.45) is 5.40. The molecule has 0 amide bonds. The number of rotatable bonds is 6. The molecule has 0 radical (unpaired) electrons. The summed E-state index contributed by atoms with van der Waals surface area (Å²) in [7, 11) is 2.18. The van der Waals surface area contributed by atoms with Gasteiger partial charge in [-0.3, -0.25) is 4.90 Å². The maximum absolute atomic E-state index is 6.14. The first-order valence-corrected chi connectivity index (χ1v) is 8.51. The van der Waals surface area contributed by atoms with Crippen molar-refractivity contribution in [2.45, 2.75) is 38.6 Å². The van der Waals surface area contributed by atoms with Gasteiger partial charge in [-0.15, -0.1) is 0 Å². The van der Waals surface area contributed by atoms with E-state index in [1.807, 2.05) is 0 Å². The van der Waals surface area contributed by atoms with Crippen LogP contribution in [0, 0.1) is 5.92 Å². The Hall–Kier alpha value is -1.06. The van der Waals surface area contributed by atoms with Gasteiger partial charge in [0.1, 0.15) is 0 Å². The number of anilines is 1. The van der Waals surface area contributed by atoms with E-state index in [9.17, 15) is 0 Å². The summed E-state index contributed by atoms with van der Waals surface area (Å²) in [5.41, 5.74) is 10.4. The molecule has 116 valence electrons. The smallest absolute Gasteiger partial charge is 0.0470 e. The molecule has 0 bridgehead atoms. The van der Waals surface area contributed by atoms with Crippen LogP contribution >= 0.6 is 0 Å². The van der Waals surface area contributed by atoms with Crippen molar-refractivity contribution < 1.29 is 0 Å². The third kappa shape index (κ3) is 2.95. The molecule has 3 heteroatoms. The summed E-state index contributed by atoms with van der Waals surface area (Å²) in [6, 6.07) is 7.37. The van der Waals surface area contributed by atoms with Crippen LogP contribution in [0.3, 0.4) is 0 Å². The zero-order valence-corrected chi connectivity index (χ0v) is 13.5. The molecular weight excluding hydrogens is 258 g/mol. The molecular formula is C18H29N3. The number of benzene rings is 1. The Kier molecular flexibility index (Phi) is 4.51. The van der Waals surface area contributed by atoms with E-state index in [-0.39, 0.29) is 0 Å². The highest BCUT2D eigenvalue weighted by Crippen LogP contribution is 2.33. The van der Waals surface area contributed by atoms with Crippen LogP contribution < -0.4 is 10.6 Å². The molecule has 0 saturated heterocycles. The standard InChI is InChI=1S/C18H29N3/c1-3-21(13-14-5-4-6-14)18(12-19)15-7-8-17-16(11-15)9-10-20(17)2/h7-8,11,14,18H,3-6,9-10,12-13,19H2,1-2H3. The number of fused-ring (bicyclic) bond motifs is 1. The third-order valence-corrected chi connectivity index (χ3v) is 5.40. The van der Waals surface area contributed by atoms with Crippen LogP contribution in [0.25, 0.3) is 0 Å². The van der Waals surface area contributed by atoms with E-state index in [0.29, 0.717) is 6.04 Å². The monoisotopic (exact) mass is 287 g/mol. The van der Waals surface area contributed by atoms with Crippen molar-refractivity contribution in [2.75, 3.05) is 38.1 Å². The SMILES string of the molecule is CCN(CC1CCC1)C(CN)c1ccc2c(c1)CCN2C. The van der Waals surface area contributed by atoms with Crippen molar-refractivity contribution in [3.8, 4) is 0 Å². The van der Waals surface area contributed by atoms with Crippen LogP contribution in [-0.2, 0) is 6.42 Å². The summed E-state index contributed by atoms with van der Waals surface area (Å²) in [4.78, 5) is 4.94. The number of hydrogen-bond acceptors (Lipinski definition) is 3. The minimum absolute atomic E-state index is 0.381. The van der Waals surface area contributed by atoms with Gasteiger partial charge in [0.15, 0.2) is 0 Å². The fourth-order valence-corrected chi connectivity index (χ4v) is 3.77. The second kappa shape index (κ2) is 6.37. The largest absolute Gasteiger partial charge is 0.374 e. The quantitative estimate of drug-likeness (QED) is 0.873. The molecule has 1 atom stereocenters. The van der Waals surface area contributed by atoms with E-state index < -0.39 is 0 Å². The molecule has 3 nitrogen and oxygen atoms in total. The van der Waals surface area contributed by atoms with Gasteiger partial charge in [0, 0.05) is 38.4 Å². The van der Waals surface area contributed by atoms with Crippen molar-refractivity contribution in [3.05, 3.63) is 29.3 Å². The van der Waals surface area contributed by atoms with Gasteiger partial charge in [-0.2, -0.15) is 0 Å². The minimum atomic E-state index is 0.381. The number of nitrogens with zero attached hydrogens (tertiary/aromatic N) is 2. The highest BCUT2D eigenvalue weighted by atomic mass is 15.2. The van der Waals surface area contributed by atoms with Gasteiger partial charge in [0.05, 0.1) is 0 Å². The first kappa shape index (κ1) is 14.9. The zero-order chi connectivity index (χ0) is 14.8. The minimum Gasteiger partial charge on any atom is -0.374 e. The zero-order valence-electron chi connectivity index (χ0n) is 13.5. The highest BCUT2D eigenvalue weighted by molar-refractivity contribution is 5.58. The maximum atomic E-state index is 6.14. The average Bonchev–Trinajstić information content (AvgIpc) is 2.82. The molecule has 0 aromatic heterocycles. The van der Waals surface area contributed by atoms with Crippen molar-refractivity contribution in [2.24, 2.45) is 11.7 Å². The van der Waals surface area contributed by atoms with E-state index >= 15 is 0 Å². The molecule has 21 heavy (non-hydrogen) atoms. The number of nitrogens with two attached hydrogens (primary N) is 1. The lowest BCUT2D eigenvalue weighted by Gasteiger charge is -2.36. The molecule has 3 rings (SSSR count). The second-order valence-electron chi connectivity index (χ2n) is 6.70. The lowest BCUT2D eigenvalue weighted by atomic mass is 9.84. The van der Waals surface area contributed by atoms with Crippen LogP contribution in [0.5, 0.6) is 0 Å². The predicted molar refractivity (Wildman–Crippen MR) is 89.8 cm³/mol. The highest BCUT2D eigenvalue weighted by Gasteiger charge is 2.26. The average molecular weight is 287 g/mol. The van der Waals surface area contributed by atoms with Crippen LogP contribution in [0.1, 0.15) is 43.4 Å². The van der Waals surface area contributed by atoms with E-state index in [1.54, 1.807) is 0 Å². The van der Waals surface area contributed by atoms with Gasteiger partial charge < -0.3 is 10.6 Å². The van der Waals surface area contributed by atoms with Crippen LogP contribution in [0.15, 0.2) is 18.2 Å². The molecule has 1 unspecified atom stereocenters. The summed E-state index contributed by atoms with van der Waals surface area (Å²) >= 11 is 0. The first-order chi connectivity index (χ1) is 10.2. The molecule has 1 fully saturated rings. The Balaban J connectivity index is 1.78. The summed E-state index contributed by atoms with van der Waals surface area (Å²) < 4.78 is 0. The van der Waals surface area contributed by atoms with E-state index in [1.165, 1.54) is 49.0 Å². The Morgan fingerprint density at radius 1 is 1.38 bits per heavy atom. The molecule has 1 aromatic carbocycles. The first-order valence-electron chi connectivity index (χ1n) is 8.51. The third-order valence-electron chi connectivity index (χ3n) is 5.40. The van der Waals surface area contributed by atoms with Crippen molar-refractivity contribution >= 4 is 5.69 Å². The lowest BCUT2D eigenvalue weighted by molar-refractivity contribution is 0.141. The molecule has 0 spiro atoms. The molecule has 1 heterocycles. The van der Waals surface area contributed by atoms with Crippen LogP contribution in [0.4, 0.5) is 5.69 Å². The molecule has 1 aliphatic heterocycles. The fraction of sp³-hybridized carbons (Fsp3) is 0.667. The molecule has 1 saturated carbocycles. The van der Waals surface area contributed by atoms with Gasteiger partial charge in [-0.25, -0.2) is 0 Å². The van der Waals surface area contributed by atoms with Crippen molar-refractivity contribution in [1.82, 2.24) is 4.90 Å². The van der Waals surface area contributed by atoms with Gasteiger partial charge in [0.2, 0.25) is 0 Å². The van der Waals surface area contributed by atoms with Crippen LogP contribution in [-0.4, -0.2) is 38.1 Å². The predicted octanol–water partition coefficient (Wildman–Crippen LogP) is 2.80. The van der Waals surface area contributed by atoms with Gasteiger partial charge in [-0.05, 0) is 48.9 Å². The summed E-state index contributed by atoms with van der Waals surface area (Å²) in [6.45, 7) is 6.44. The Morgan fingerprint density at radius 3 is 2.81 bits per heavy atom. The molecule has 1 aliphatic carbocycles. The van der Waals surface area contributed by atoms with Gasteiger partial charge >= 0.3 is 0 Å². The normalized spacial score (nSPS) is 19.7.